The van der Waals surface area contributed by atoms with Gasteiger partial charge in [0.2, 0.25) is 0 Å². The Morgan fingerprint density at radius 2 is 1.96 bits per heavy atom. The van der Waals surface area contributed by atoms with E-state index in [1.165, 1.54) is 0 Å². The number of hydrogen-bond acceptors (Lipinski definition) is 5. The lowest BCUT2D eigenvalue weighted by Crippen LogP contribution is -2.30. The van der Waals surface area contributed by atoms with E-state index in [0.29, 0.717) is 29.8 Å². The van der Waals surface area contributed by atoms with Crippen LogP contribution in [0, 0.1) is 11.8 Å². The molecule has 140 valence electrons. The lowest BCUT2D eigenvalue weighted by Gasteiger charge is -2.25. The number of rotatable bonds is 5. The number of nitrogen functional groups attached to an aromatic ring is 1. The Kier molecular flexibility index (Phi) is 4.48. The Balaban J connectivity index is 1.64. The third-order valence-electron chi connectivity index (χ3n) is 5.67. The van der Waals surface area contributed by atoms with Crippen LogP contribution in [0.3, 0.4) is 0 Å². The maximum Gasteiger partial charge on any atom is 0.143 e. The molecule has 1 aromatic carbocycles. The van der Waals surface area contributed by atoms with E-state index in [-0.39, 0.29) is 6.67 Å². The van der Waals surface area contributed by atoms with Crippen molar-refractivity contribution in [3.05, 3.63) is 24.5 Å². The first-order valence-corrected chi connectivity index (χ1v) is 9.09. The van der Waals surface area contributed by atoms with Crippen LogP contribution in [0.2, 0.25) is 0 Å². The van der Waals surface area contributed by atoms with Gasteiger partial charge in [0.05, 0.1) is 19.0 Å². The standard InChI is InChI=1S/C19H26FN5O/c1-23-8-13(7-22-23)16-5-17(21)19(26-2)6-18(16)25-11-14-9-24(4-3-20)10-15(14)12-25/h5-8,14-15H,3-4,9-12,21H2,1-2H3. The Hall–Kier alpha value is -2.28. The molecule has 1 aromatic heterocycles. The summed E-state index contributed by atoms with van der Waals surface area (Å²) in [6, 6.07) is 4.02. The van der Waals surface area contributed by atoms with Crippen molar-refractivity contribution in [3.8, 4) is 16.9 Å². The van der Waals surface area contributed by atoms with Crippen LogP contribution in [0.1, 0.15) is 0 Å². The molecule has 2 aliphatic rings. The van der Waals surface area contributed by atoms with Gasteiger partial charge in [-0.2, -0.15) is 5.10 Å². The lowest BCUT2D eigenvalue weighted by molar-refractivity contribution is 0.282. The van der Waals surface area contributed by atoms with Gasteiger partial charge in [-0.3, -0.25) is 4.68 Å². The second-order valence-electron chi connectivity index (χ2n) is 7.39. The summed E-state index contributed by atoms with van der Waals surface area (Å²) in [4.78, 5) is 4.67. The minimum Gasteiger partial charge on any atom is -0.495 e. The third kappa shape index (κ3) is 3.00. The average Bonchev–Trinajstić information content (AvgIpc) is 3.29. The molecule has 2 saturated heterocycles. The van der Waals surface area contributed by atoms with Gasteiger partial charge in [0.1, 0.15) is 12.4 Å². The highest BCUT2D eigenvalue weighted by Gasteiger charge is 2.40. The number of methoxy groups -OCH3 is 1. The SMILES string of the molecule is COc1cc(N2CC3CN(CCF)CC3C2)c(-c2cnn(C)c2)cc1N. The first-order chi connectivity index (χ1) is 12.6. The van der Waals surface area contributed by atoms with E-state index in [2.05, 4.69) is 14.9 Å². The summed E-state index contributed by atoms with van der Waals surface area (Å²) in [6.07, 6.45) is 3.87. The van der Waals surface area contributed by atoms with Crippen LogP contribution in [0.5, 0.6) is 5.75 Å². The number of benzene rings is 1. The molecular formula is C19H26FN5O. The molecule has 7 heteroatoms. The highest BCUT2D eigenvalue weighted by atomic mass is 19.1. The van der Waals surface area contributed by atoms with Gasteiger partial charge in [-0.05, 0) is 17.9 Å². The summed E-state index contributed by atoms with van der Waals surface area (Å²) in [6.45, 7) is 4.23. The molecule has 0 aliphatic carbocycles. The first-order valence-electron chi connectivity index (χ1n) is 9.09. The second-order valence-corrected chi connectivity index (χ2v) is 7.39. The zero-order valence-corrected chi connectivity index (χ0v) is 15.4. The van der Waals surface area contributed by atoms with Crippen LogP contribution in [0.15, 0.2) is 24.5 Å². The summed E-state index contributed by atoms with van der Waals surface area (Å²) < 4.78 is 19.9. The maximum atomic E-state index is 12.6. The minimum absolute atomic E-state index is 0.260. The van der Waals surface area contributed by atoms with Crippen LogP contribution in [-0.2, 0) is 7.05 Å². The van der Waals surface area contributed by atoms with Crippen molar-refractivity contribution < 1.29 is 9.13 Å². The van der Waals surface area contributed by atoms with Crippen LogP contribution in [-0.4, -0.2) is 61.2 Å². The maximum absolute atomic E-state index is 12.6. The van der Waals surface area contributed by atoms with Crippen molar-refractivity contribution in [2.24, 2.45) is 18.9 Å². The molecule has 3 heterocycles. The molecule has 26 heavy (non-hydrogen) atoms. The number of nitrogens with zero attached hydrogens (tertiary/aromatic N) is 4. The van der Waals surface area contributed by atoms with Crippen LogP contribution < -0.4 is 15.4 Å². The highest BCUT2D eigenvalue weighted by Crippen LogP contribution is 2.42. The molecule has 2 unspecified atom stereocenters. The Morgan fingerprint density at radius 1 is 1.23 bits per heavy atom. The van der Waals surface area contributed by atoms with Crippen LogP contribution >= 0.6 is 0 Å². The van der Waals surface area contributed by atoms with E-state index >= 15 is 0 Å². The van der Waals surface area contributed by atoms with Gasteiger partial charge in [-0.25, -0.2) is 4.39 Å². The zero-order valence-electron chi connectivity index (χ0n) is 15.4. The summed E-state index contributed by atoms with van der Waals surface area (Å²) in [5.41, 5.74) is 10.1. The van der Waals surface area contributed by atoms with Gasteiger partial charge in [0, 0.05) is 68.8 Å². The van der Waals surface area contributed by atoms with E-state index in [0.717, 1.165) is 43.0 Å². The predicted octanol–water partition coefficient (Wildman–Crippen LogP) is 2.02. The van der Waals surface area contributed by atoms with Gasteiger partial charge < -0.3 is 20.3 Å². The summed E-state index contributed by atoms with van der Waals surface area (Å²) >= 11 is 0. The smallest absolute Gasteiger partial charge is 0.143 e. The van der Waals surface area contributed by atoms with Crippen molar-refractivity contribution in [3.63, 3.8) is 0 Å². The van der Waals surface area contributed by atoms with Gasteiger partial charge in [0.25, 0.3) is 0 Å². The van der Waals surface area contributed by atoms with Gasteiger partial charge in [-0.15, -0.1) is 0 Å². The van der Waals surface area contributed by atoms with Crippen molar-refractivity contribution in [2.45, 2.75) is 0 Å². The molecule has 2 aliphatic heterocycles. The van der Waals surface area contributed by atoms with Crippen molar-refractivity contribution >= 4 is 11.4 Å². The molecule has 2 atom stereocenters. The number of aryl methyl sites for hydroxylation is 1. The first kappa shape index (κ1) is 17.1. The predicted molar refractivity (Wildman–Crippen MR) is 101 cm³/mol. The van der Waals surface area contributed by atoms with Gasteiger partial charge >= 0.3 is 0 Å². The number of halogens is 1. The number of ether oxygens (including phenoxy) is 1. The third-order valence-corrected chi connectivity index (χ3v) is 5.67. The number of fused-ring (bicyclic) bond motifs is 1. The molecule has 0 spiro atoms. The second kappa shape index (κ2) is 6.79. The minimum atomic E-state index is -0.260. The number of nitrogens with two attached hydrogens (primary N) is 1. The van der Waals surface area contributed by atoms with Gasteiger partial charge in [-0.1, -0.05) is 0 Å². The fourth-order valence-corrected chi connectivity index (χ4v) is 4.40. The number of likely N-dealkylation sites (tertiary alicyclic amines) is 1. The molecular weight excluding hydrogens is 333 g/mol. The number of hydrogen-bond donors (Lipinski definition) is 1. The van der Waals surface area contributed by atoms with Crippen molar-refractivity contribution in [1.82, 2.24) is 14.7 Å². The highest BCUT2D eigenvalue weighted by molar-refractivity contribution is 5.83. The Morgan fingerprint density at radius 3 is 2.54 bits per heavy atom. The van der Waals surface area contributed by atoms with Crippen LogP contribution in [0.25, 0.3) is 11.1 Å². The molecule has 2 N–H and O–H groups in total. The molecule has 0 bridgehead atoms. The number of aromatic nitrogens is 2. The topological polar surface area (TPSA) is 59.5 Å². The molecule has 6 nitrogen and oxygen atoms in total. The van der Waals surface area contributed by atoms with Gasteiger partial charge in [0.15, 0.2) is 0 Å². The summed E-state index contributed by atoms with van der Waals surface area (Å²) in [5.74, 6) is 1.88. The average molecular weight is 359 g/mol. The largest absolute Gasteiger partial charge is 0.495 e. The van der Waals surface area contributed by atoms with Crippen LogP contribution in [0.4, 0.5) is 15.8 Å². The Labute approximate surface area is 153 Å². The fraction of sp³-hybridized carbons (Fsp3) is 0.526. The van der Waals surface area contributed by atoms with E-state index in [1.807, 2.05) is 31.6 Å². The molecule has 0 radical (unpaired) electrons. The monoisotopic (exact) mass is 359 g/mol. The van der Waals surface area contributed by atoms with Crippen molar-refractivity contribution in [2.75, 3.05) is 57.1 Å². The fourth-order valence-electron chi connectivity index (χ4n) is 4.40. The summed E-state index contributed by atoms with van der Waals surface area (Å²) in [7, 11) is 3.56. The number of alkyl halides is 1. The van der Waals surface area contributed by atoms with E-state index in [4.69, 9.17) is 10.5 Å². The zero-order chi connectivity index (χ0) is 18.3. The van der Waals surface area contributed by atoms with E-state index < -0.39 is 0 Å². The molecule has 2 aromatic rings. The molecule has 4 rings (SSSR count). The Bertz CT molecular complexity index is 778. The van der Waals surface area contributed by atoms with Crippen molar-refractivity contribution in [1.29, 1.82) is 0 Å². The molecule has 2 fully saturated rings. The normalized spacial score (nSPS) is 22.8. The lowest BCUT2D eigenvalue weighted by atomic mass is 10.0. The quantitative estimate of drug-likeness (QED) is 0.828. The molecule has 0 saturated carbocycles. The number of anilines is 2. The molecule has 0 amide bonds. The van der Waals surface area contributed by atoms with E-state index in [9.17, 15) is 4.39 Å². The summed E-state index contributed by atoms with van der Waals surface area (Å²) in [5, 5.41) is 4.30. The van der Waals surface area contributed by atoms with E-state index in [1.54, 1.807) is 11.8 Å².